The second-order valence-corrected chi connectivity index (χ2v) is 12.8. The lowest BCUT2D eigenvalue weighted by atomic mass is 10.0. The number of para-hydroxylation sites is 4. The highest BCUT2D eigenvalue weighted by Gasteiger charge is 2.17. The van der Waals surface area contributed by atoms with Gasteiger partial charge in [-0.15, -0.1) is 0 Å². The van der Waals surface area contributed by atoms with Gasteiger partial charge in [0.1, 0.15) is 11.2 Å². The number of anilines is 3. The molecule has 0 aliphatic carbocycles. The first-order valence-electron chi connectivity index (χ1n) is 17.2. The molecule has 10 aromatic rings. The second-order valence-electron chi connectivity index (χ2n) is 12.8. The highest BCUT2D eigenvalue weighted by molar-refractivity contribution is 6.11. The molecule has 4 nitrogen and oxygen atoms in total. The number of furan rings is 1. The molecule has 0 saturated carbocycles. The molecule has 7 aromatic carbocycles. The highest BCUT2D eigenvalue weighted by atomic mass is 16.3. The van der Waals surface area contributed by atoms with Gasteiger partial charge in [-0.05, 0) is 83.9 Å². The van der Waals surface area contributed by atoms with Crippen LogP contribution in [0.25, 0.3) is 71.8 Å². The first-order valence-corrected chi connectivity index (χ1v) is 17.2. The predicted molar refractivity (Wildman–Crippen MR) is 211 cm³/mol. The summed E-state index contributed by atoms with van der Waals surface area (Å²) in [6.07, 6.45) is 1.82. The Morgan fingerprint density at radius 3 is 1.57 bits per heavy atom. The van der Waals surface area contributed by atoms with Crippen molar-refractivity contribution < 1.29 is 4.42 Å². The van der Waals surface area contributed by atoms with E-state index in [4.69, 9.17) is 9.40 Å². The van der Waals surface area contributed by atoms with E-state index in [1.54, 1.807) is 0 Å². The van der Waals surface area contributed by atoms with Crippen LogP contribution in [-0.4, -0.2) is 9.55 Å². The van der Waals surface area contributed by atoms with E-state index in [1.807, 2.05) is 30.5 Å². The Morgan fingerprint density at radius 2 is 0.922 bits per heavy atom. The maximum atomic E-state index is 6.14. The van der Waals surface area contributed by atoms with Crippen LogP contribution in [-0.2, 0) is 0 Å². The summed E-state index contributed by atoms with van der Waals surface area (Å²) >= 11 is 0. The van der Waals surface area contributed by atoms with E-state index >= 15 is 0 Å². The van der Waals surface area contributed by atoms with Gasteiger partial charge in [-0.3, -0.25) is 4.98 Å². The molecule has 0 radical (unpaired) electrons. The molecular weight excluding hydrogens is 623 g/mol. The van der Waals surface area contributed by atoms with Gasteiger partial charge in [0, 0.05) is 50.7 Å². The summed E-state index contributed by atoms with van der Waals surface area (Å²) in [5.41, 5.74) is 12.9. The summed E-state index contributed by atoms with van der Waals surface area (Å²) in [7, 11) is 0. The fourth-order valence-electron chi connectivity index (χ4n) is 7.49. The lowest BCUT2D eigenvalue weighted by Gasteiger charge is -2.26. The third kappa shape index (κ3) is 4.88. The number of pyridine rings is 1. The van der Waals surface area contributed by atoms with E-state index in [2.05, 4.69) is 167 Å². The third-order valence-corrected chi connectivity index (χ3v) is 9.87. The molecular formula is C47H31N3O. The predicted octanol–water partition coefficient (Wildman–Crippen LogP) is 12.9. The lowest BCUT2D eigenvalue weighted by molar-refractivity contribution is 0.668. The summed E-state index contributed by atoms with van der Waals surface area (Å²) in [6, 6.07) is 64.2. The molecule has 240 valence electrons. The SMILES string of the molecule is c1ccc(N(c2ccc(-c3ccc(-n4c5ccccc5c5ccccc54)cc3)cc2)c2ccc(-c3nccc4oc5ccccc5c34)cc2)cc1. The zero-order valence-electron chi connectivity index (χ0n) is 27.6. The molecule has 51 heavy (non-hydrogen) atoms. The summed E-state index contributed by atoms with van der Waals surface area (Å²) in [5.74, 6) is 0. The number of benzene rings is 7. The molecule has 0 fully saturated rings. The van der Waals surface area contributed by atoms with Crippen molar-refractivity contribution in [1.29, 1.82) is 0 Å². The fourth-order valence-corrected chi connectivity index (χ4v) is 7.49. The molecule has 0 spiro atoms. The van der Waals surface area contributed by atoms with Gasteiger partial charge >= 0.3 is 0 Å². The van der Waals surface area contributed by atoms with E-state index in [-0.39, 0.29) is 0 Å². The Kier molecular flexibility index (Phi) is 6.78. The monoisotopic (exact) mass is 653 g/mol. The van der Waals surface area contributed by atoms with Gasteiger partial charge in [-0.2, -0.15) is 0 Å². The largest absolute Gasteiger partial charge is 0.456 e. The van der Waals surface area contributed by atoms with Crippen LogP contribution in [0.1, 0.15) is 0 Å². The Hall–Kier alpha value is -6.91. The van der Waals surface area contributed by atoms with E-state index in [1.165, 1.54) is 32.9 Å². The minimum Gasteiger partial charge on any atom is -0.456 e. The molecule has 0 atom stereocenters. The standard InChI is InChI=1S/C47H31N3O/c1-2-10-35(11-3-1)49(37-28-22-34(23-29-37)47-46-41-14-6-9-17-44(41)51-45(46)30-31-48-47)36-24-18-32(19-25-36)33-20-26-38(27-21-33)50-42-15-7-4-12-39(42)40-13-5-8-16-43(40)50/h1-31H. The Balaban J connectivity index is 0.985. The van der Waals surface area contributed by atoms with Crippen molar-refractivity contribution in [3.63, 3.8) is 0 Å². The van der Waals surface area contributed by atoms with Crippen molar-refractivity contribution >= 4 is 60.8 Å². The smallest absolute Gasteiger partial charge is 0.139 e. The topological polar surface area (TPSA) is 34.2 Å². The number of fused-ring (bicyclic) bond motifs is 6. The first kappa shape index (κ1) is 29.0. The van der Waals surface area contributed by atoms with Crippen molar-refractivity contribution in [3.8, 4) is 28.1 Å². The lowest BCUT2D eigenvalue weighted by Crippen LogP contribution is -2.09. The van der Waals surface area contributed by atoms with Gasteiger partial charge in [0.15, 0.2) is 0 Å². The number of hydrogen-bond acceptors (Lipinski definition) is 3. The zero-order chi connectivity index (χ0) is 33.7. The van der Waals surface area contributed by atoms with Crippen LogP contribution < -0.4 is 4.90 Å². The maximum absolute atomic E-state index is 6.14. The van der Waals surface area contributed by atoms with Crippen LogP contribution in [0.5, 0.6) is 0 Å². The minimum atomic E-state index is 0.845. The van der Waals surface area contributed by atoms with Crippen molar-refractivity contribution in [3.05, 3.63) is 188 Å². The zero-order valence-corrected chi connectivity index (χ0v) is 27.6. The summed E-state index contributed by atoms with van der Waals surface area (Å²) in [6.45, 7) is 0. The highest BCUT2D eigenvalue weighted by Crippen LogP contribution is 2.39. The van der Waals surface area contributed by atoms with Crippen molar-refractivity contribution in [2.75, 3.05) is 4.90 Å². The van der Waals surface area contributed by atoms with Crippen molar-refractivity contribution in [2.24, 2.45) is 0 Å². The van der Waals surface area contributed by atoms with Crippen LogP contribution in [0.3, 0.4) is 0 Å². The van der Waals surface area contributed by atoms with Gasteiger partial charge in [-0.25, -0.2) is 0 Å². The van der Waals surface area contributed by atoms with Gasteiger partial charge < -0.3 is 13.9 Å². The van der Waals surface area contributed by atoms with Gasteiger partial charge in [0.25, 0.3) is 0 Å². The van der Waals surface area contributed by atoms with Crippen LogP contribution in [0.15, 0.2) is 193 Å². The Morgan fingerprint density at radius 1 is 0.412 bits per heavy atom. The number of hydrogen-bond donors (Lipinski definition) is 0. The minimum absolute atomic E-state index is 0.845. The molecule has 0 saturated heterocycles. The van der Waals surface area contributed by atoms with E-state index < -0.39 is 0 Å². The van der Waals surface area contributed by atoms with Gasteiger partial charge in [0.05, 0.1) is 22.1 Å². The second kappa shape index (κ2) is 11.9. The van der Waals surface area contributed by atoms with Gasteiger partial charge in [-0.1, -0.05) is 109 Å². The molecule has 0 N–H and O–H groups in total. The molecule has 0 amide bonds. The summed E-state index contributed by atoms with van der Waals surface area (Å²) in [5, 5.41) is 4.66. The van der Waals surface area contributed by atoms with Gasteiger partial charge in [0.2, 0.25) is 0 Å². The van der Waals surface area contributed by atoms with E-state index in [9.17, 15) is 0 Å². The average molecular weight is 654 g/mol. The quantitative estimate of drug-likeness (QED) is 0.179. The molecule has 0 aliphatic rings. The molecule has 10 rings (SSSR count). The molecule has 0 unspecified atom stereocenters. The maximum Gasteiger partial charge on any atom is 0.139 e. The molecule has 0 aliphatic heterocycles. The normalized spacial score (nSPS) is 11.5. The van der Waals surface area contributed by atoms with Crippen molar-refractivity contribution in [2.45, 2.75) is 0 Å². The van der Waals surface area contributed by atoms with Crippen molar-refractivity contribution in [1.82, 2.24) is 9.55 Å². The fraction of sp³-hybridized carbons (Fsp3) is 0. The molecule has 3 aromatic heterocycles. The van der Waals surface area contributed by atoms with Crippen LogP contribution in [0, 0.1) is 0 Å². The number of nitrogens with zero attached hydrogens (tertiary/aromatic N) is 3. The van der Waals surface area contributed by atoms with E-state index in [0.717, 1.165) is 55.9 Å². The number of rotatable bonds is 6. The Bertz CT molecular complexity index is 2780. The molecule has 0 bridgehead atoms. The summed E-state index contributed by atoms with van der Waals surface area (Å²) in [4.78, 5) is 7.09. The molecule has 4 heteroatoms. The first-order chi connectivity index (χ1) is 25.3. The summed E-state index contributed by atoms with van der Waals surface area (Å²) < 4.78 is 8.49. The number of aromatic nitrogens is 2. The van der Waals surface area contributed by atoms with Crippen LogP contribution >= 0.6 is 0 Å². The van der Waals surface area contributed by atoms with Crippen LogP contribution in [0.2, 0.25) is 0 Å². The Labute approximate surface area is 295 Å². The third-order valence-electron chi connectivity index (χ3n) is 9.87. The molecule has 3 heterocycles. The van der Waals surface area contributed by atoms with E-state index in [0.29, 0.717) is 0 Å². The van der Waals surface area contributed by atoms with Crippen LogP contribution in [0.4, 0.5) is 17.1 Å². The average Bonchev–Trinajstić information content (AvgIpc) is 3.75.